The van der Waals surface area contributed by atoms with Crippen molar-refractivity contribution in [2.45, 2.75) is 143 Å². The van der Waals surface area contributed by atoms with Crippen LogP contribution in [0.1, 0.15) is 117 Å². The summed E-state index contributed by atoms with van der Waals surface area (Å²) in [5.74, 6) is -2.29. The van der Waals surface area contributed by atoms with Crippen LogP contribution in [-0.2, 0) is 46.4 Å². The Morgan fingerprint density at radius 1 is 0.467 bits per heavy atom. The molecule has 0 fully saturated rings. The van der Waals surface area contributed by atoms with Crippen LogP contribution in [0.3, 0.4) is 0 Å². The highest BCUT2D eigenvalue weighted by atomic mass is 16.8. The first-order valence-electron chi connectivity index (χ1n) is 17.5. The third-order valence-electron chi connectivity index (χ3n) is 7.77. The van der Waals surface area contributed by atoms with Gasteiger partial charge in [0.25, 0.3) is 0 Å². The predicted molar refractivity (Wildman–Crippen MR) is 181 cm³/mol. The van der Waals surface area contributed by atoms with Crippen LogP contribution < -0.4 is 0 Å². The molecule has 0 heterocycles. The van der Waals surface area contributed by atoms with Crippen LogP contribution in [-0.4, -0.2) is 50.6 Å². The molecule has 2 atom stereocenters. The molecule has 0 amide bonds. The largest absolute Gasteiger partial charge is 0.346 e. The zero-order valence-corrected chi connectivity index (χ0v) is 29.1. The summed E-state index contributed by atoms with van der Waals surface area (Å²) in [6.45, 7) is 14.8. The molecule has 0 aliphatic carbocycles. The summed E-state index contributed by atoms with van der Waals surface area (Å²) in [6, 6.07) is 20.2. The normalized spacial score (nSPS) is 13.6. The summed E-state index contributed by atoms with van der Waals surface area (Å²) < 4.78 is 46.3. The number of hydrogen-bond acceptors (Lipinski definition) is 7. The number of rotatable bonds is 28. The average Bonchev–Trinajstić information content (AvgIpc) is 3.06. The van der Waals surface area contributed by atoms with Crippen LogP contribution in [0.2, 0.25) is 0 Å². The number of ether oxygens (including phenoxy) is 7. The van der Waals surface area contributed by atoms with E-state index in [1.165, 1.54) is 0 Å². The van der Waals surface area contributed by atoms with Gasteiger partial charge in [-0.1, -0.05) is 113 Å². The summed E-state index contributed by atoms with van der Waals surface area (Å²) in [5, 5.41) is 0. The van der Waals surface area contributed by atoms with Gasteiger partial charge in [-0.05, 0) is 51.7 Å². The third kappa shape index (κ3) is 13.8. The zero-order valence-electron chi connectivity index (χ0n) is 29.1. The van der Waals surface area contributed by atoms with Crippen molar-refractivity contribution in [1.29, 1.82) is 0 Å². The fraction of sp³-hybridized carbons (Fsp3) is 0.684. The summed E-state index contributed by atoms with van der Waals surface area (Å²) in [6.07, 6.45) is 7.91. The predicted octanol–water partition coefficient (Wildman–Crippen LogP) is 9.57. The quantitative estimate of drug-likeness (QED) is 0.0685. The molecule has 0 aliphatic rings. The molecule has 0 bridgehead atoms. The summed E-state index contributed by atoms with van der Waals surface area (Å²) >= 11 is 0. The molecule has 0 saturated carbocycles. The van der Waals surface area contributed by atoms with Gasteiger partial charge in [-0.15, -0.1) is 0 Å². The van der Waals surface area contributed by atoms with E-state index in [0.29, 0.717) is 52.5 Å². The van der Waals surface area contributed by atoms with E-state index in [2.05, 4.69) is 13.8 Å². The molecule has 7 nitrogen and oxygen atoms in total. The lowest BCUT2D eigenvalue weighted by Gasteiger charge is -2.45. The minimum Gasteiger partial charge on any atom is -0.346 e. The van der Waals surface area contributed by atoms with E-state index in [9.17, 15) is 0 Å². The van der Waals surface area contributed by atoms with E-state index in [4.69, 9.17) is 33.2 Å². The number of hydrogen-bond donors (Lipinski definition) is 0. The molecule has 2 aromatic rings. The Hall–Kier alpha value is -1.84. The monoisotopic (exact) mass is 630 g/mol. The fourth-order valence-electron chi connectivity index (χ4n) is 5.60. The minimum atomic E-state index is -1.15. The van der Waals surface area contributed by atoms with Gasteiger partial charge >= 0.3 is 0 Å². The van der Waals surface area contributed by atoms with Crippen LogP contribution in [0.15, 0.2) is 60.7 Å². The van der Waals surface area contributed by atoms with Gasteiger partial charge in [-0.3, -0.25) is 0 Å². The van der Waals surface area contributed by atoms with Crippen molar-refractivity contribution in [3.63, 3.8) is 0 Å². The molecule has 0 radical (unpaired) electrons. The Bertz CT molecular complexity index is 866. The fourth-order valence-corrected chi connectivity index (χ4v) is 5.60. The third-order valence-corrected chi connectivity index (χ3v) is 7.77. The van der Waals surface area contributed by atoms with Crippen LogP contribution in [0.5, 0.6) is 0 Å². The smallest absolute Gasteiger partial charge is 0.220 e. The van der Waals surface area contributed by atoms with E-state index in [1.54, 1.807) is 0 Å². The Morgan fingerprint density at radius 2 is 0.822 bits per heavy atom. The molecule has 2 unspecified atom stereocenters. The van der Waals surface area contributed by atoms with Gasteiger partial charge in [0.05, 0.1) is 13.2 Å². The molecule has 7 heteroatoms. The Labute approximate surface area is 274 Å². The Balaban J connectivity index is 2.58. The highest BCUT2D eigenvalue weighted by Crippen LogP contribution is 2.36. The lowest BCUT2D eigenvalue weighted by molar-refractivity contribution is -0.428. The Morgan fingerprint density at radius 3 is 1.13 bits per heavy atom. The lowest BCUT2D eigenvalue weighted by atomic mass is 10.0. The maximum atomic E-state index is 7.00. The van der Waals surface area contributed by atoms with E-state index in [-0.39, 0.29) is 0 Å². The molecule has 0 aliphatic heterocycles. The highest BCUT2D eigenvalue weighted by Gasteiger charge is 2.50. The summed E-state index contributed by atoms with van der Waals surface area (Å²) in [7, 11) is 0. The second kappa shape index (κ2) is 23.5. The molecule has 0 spiro atoms. The average molecular weight is 631 g/mol. The molecule has 45 heavy (non-hydrogen) atoms. The van der Waals surface area contributed by atoms with Crippen molar-refractivity contribution in [3.05, 3.63) is 71.8 Å². The van der Waals surface area contributed by atoms with Gasteiger partial charge in [0, 0.05) is 39.3 Å². The molecule has 0 saturated heterocycles. The van der Waals surface area contributed by atoms with E-state index < -0.39 is 24.2 Å². The summed E-state index contributed by atoms with van der Waals surface area (Å²) in [4.78, 5) is 0. The second-order valence-electron chi connectivity index (χ2n) is 11.4. The van der Waals surface area contributed by atoms with Gasteiger partial charge in [0.2, 0.25) is 24.2 Å². The molecule has 2 aromatic carbocycles. The van der Waals surface area contributed by atoms with Crippen molar-refractivity contribution >= 4 is 0 Å². The van der Waals surface area contributed by atoms with Crippen LogP contribution in [0, 0.1) is 0 Å². The standard InChI is InChI=1S/C38H62O7/c1-7-13-15-23-29-37(41-9-3,42-10-4)35(39-31-33-25-19-17-20-26-33)45-36(40-32-34-27-21-18-22-28-34)38(43-11-5,44-12-6)30-24-16-14-8-2/h17-22,25-28,35-36H,7-16,23-24,29-32H2,1-6H3. The molecule has 0 aromatic heterocycles. The second-order valence-corrected chi connectivity index (χ2v) is 11.4. The lowest BCUT2D eigenvalue weighted by Crippen LogP contribution is -2.57. The first kappa shape index (κ1) is 39.3. The first-order chi connectivity index (χ1) is 22.0. The molecular weight excluding hydrogens is 568 g/mol. The van der Waals surface area contributed by atoms with Crippen molar-refractivity contribution in [2.24, 2.45) is 0 Å². The molecular formula is C38H62O7. The molecule has 0 N–H and O–H groups in total. The zero-order chi connectivity index (χ0) is 32.6. The summed E-state index contributed by atoms with van der Waals surface area (Å²) in [5.41, 5.74) is 2.06. The van der Waals surface area contributed by atoms with Crippen LogP contribution in [0.25, 0.3) is 0 Å². The van der Waals surface area contributed by atoms with E-state index in [1.807, 2.05) is 88.4 Å². The van der Waals surface area contributed by atoms with Gasteiger partial charge in [0.1, 0.15) is 0 Å². The van der Waals surface area contributed by atoms with E-state index >= 15 is 0 Å². The van der Waals surface area contributed by atoms with Gasteiger partial charge in [0.15, 0.2) is 0 Å². The van der Waals surface area contributed by atoms with Crippen LogP contribution in [0.4, 0.5) is 0 Å². The van der Waals surface area contributed by atoms with E-state index in [0.717, 1.165) is 62.5 Å². The van der Waals surface area contributed by atoms with Crippen molar-refractivity contribution in [1.82, 2.24) is 0 Å². The van der Waals surface area contributed by atoms with Gasteiger partial charge in [-0.2, -0.15) is 0 Å². The molecule has 256 valence electrons. The van der Waals surface area contributed by atoms with Crippen molar-refractivity contribution < 1.29 is 33.2 Å². The number of unbranched alkanes of at least 4 members (excludes halogenated alkanes) is 6. The van der Waals surface area contributed by atoms with Crippen LogP contribution >= 0.6 is 0 Å². The maximum Gasteiger partial charge on any atom is 0.220 e. The topological polar surface area (TPSA) is 64.6 Å². The van der Waals surface area contributed by atoms with Crippen molar-refractivity contribution in [2.75, 3.05) is 26.4 Å². The first-order valence-corrected chi connectivity index (χ1v) is 17.5. The maximum absolute atomic E-state index is 7.00. The minimum absolute atomic E-state index is 0.320. The highest BCUT2D eigenvalue weighted by molar-refractivity contribution is 5.14. The SMILES string of the molecule is CCCCCCC(OCC)(OCC)C(OCc1ccccc1)OC(OCc1ccccc1)C(CCCCCC)(OCC)OCC. The van der Waals surface area contributed by atoms with Crippen molar-refractivity contribution in [3.8, 4) is 0 Å². The Kier molecular flexibility index (Phi) is 20.5. The number of benzene rings is 2. The van der Waals surface area contributed by atoms with Gasteiger partial charge < -0.3 is 33.2 Å². The molecule has 2 rings (SSSR count). The van der Waals surface area contributed by atoms with Gasteiger partial charge in [-0.25, -0.2) is 0 Å².